The molecule has 2 saturated heterocycles. The lowest BCUT2D eigenvalue weighted by Gasteiger charge is -2.41. The molecule has 8 heteroatoms. The lowest BCUT2D eigenvalue weighted by Crippen LogP contribution is -2.59. The van der Waals surface area contributed by atoms with Crippen LogP contribution in [-0.2, 0) is 23.9 Å². The number of anilines is 1. The van der Waals surface area contributed by atoms with Gasteiger partial charge in [-0.25, -0.2) is 0 Å². The molecule has 6 atom stereocenters. The van der Waals surface area contributed by atoms with E-state index in [9.17, 15) is 19.5 Å². The minimum atomic E-state index is -1.38. The molecule has 4 aliphatic heterocycles. The maximum Gasteiger partial charge on any atom is 0.313 e. The summed E-state index contributed by atoms with van der Waals surface area (Å²) in [5.74, 6) is -3.15. The number of allylic oxidation sites excluding steroid dienone is 1. The fourth-order valence-electron chi connectivity index (χ4n) is 6.78. The second kappa shape index (κ2) is 9.65. The summed E-state index contributed by atoms with van der Waals surface area (Å²) in [4.78, 5) is 45.7. The summed E-state index contributed by atoms with van der Waals surface area (Å²) < 4.78 is 12.5. The zero-order valence-corrected chi connectivity index (χ0v) is 22.8. The van der Waals surface area contributed by atoms with Crippen LogP contribution in [0.5, 0.6) is 0 Å². The number of benzene rings is 1. The van der Waals surface area contributed by atoms with Gasteiger partial charge in [0, 0.05) is 12.2 Å². The van der Waals surface area contributed by atoms with Crippen LogP contribution in [0, 0.1) is 31.6 Å². The molecular formula is C30H38N2O6. The minimum Gasteiger partial charge on any atom is -0.465 e. The van der Waals surface area contributed by atoms with Crippen LogP contribution in [0.3, 0.4) is 0 Å². The maximum absolute atomic E-state index is 14.6. The Labute approximate surface area is 224 Å². The molecule has 2 amide bonds. The van der Waals surface area contributed by atoms with Gasteiger partial charge in [0.25, 0.3) is 5.91 Å². The molecule has 1 unspecified atom stereocenters. The number of aryl methyl sites for hydroxylation is 2. The predicted molar refractivity (Wildman–Crippen MR) is 142 cm³/mol. The van der Waals surface area contributed by atoms with Crippen molar-refractivity contribution in [2.75, 3.05) is 24.7 Å². The average molecular weight is 523 g/mol. The van der Waals surface area contributed by atoms with E-state index in [-0.39, 0.29) is 30.9 Å². The summed E-state index contributed by atoms with van der Waals surface area (Å²) >= 11 is 0. The van der Waals surface area contributed by atoms with Crippen LogP contribution in [0.25, 0.3) is 0 Å². The highest BCUT2D eigenvalue weighted by Gasteiger charge is 2.75. The molecule has 1 N–H and O–H groups in total. The summed E-state index contributed by atoms with van der Waals surface area (Å²) in [6.07, 6.45) is 8.93. The number of cyclic esters (lactones) is 1. The van der Waals surface area contributed by atoms with E-state index in [4.69, 9.17) is 9.47 Å². The van der Waals surface area contributed by atoms with E-state index < -0.39 is 41.1 Å². The van der Waals surface area contributed by atoms with Crippen molar-refractivity contribution in [3.8, 4) is 0 Å². The summed E-state index contributed by atoms with van der Waals surface area (Å²) in [7, 11) is 0. The van der Waals surface area contributed by atoms with Crippen LogP contribution < -0.4 is 4.90 Å². The van der Waals surface area contributed by atoms with Crippen molar-refractivity contribution in [2.24, 2.45) is 17.8 Å². The van der Waals surface area contributed by atoms with Gasteiger partial charge >= 0.3 is 5.97 Å². The molecule has 5 rings (SSSR count). The van der Waals surface area contributed by atoms with Crippen molar-refractivity contribution in [1.29, 1.82) is 0 Å². The Morgan fingerprint density at radius 2 is 1.84 bits per heavy atom. The fraction of sp³-hybridized carbons (Fsp3) is 0.567. The molecule has 1 aromatic carbocycles. The third kappa shape index (κ3) is 3.92. The van der Waals surface area contributed by atoms with Gasteiger partial charge in [0.15, 0.2) is 0 Å². The monoisotopic (exact) mass is 522 g/mol. The quantitative estimate of drug-likeness (QED) is 0.482. The first kappa shape index (κ1) is 26.6. The lowest BCUT2D eigenvalue weighted by molar-refractivity contribution is -0.160. The zero-order valence-electron chi connectivity index (χ0n) is 22.8. The van der Waals surface area contributed by atoms with Crippen LogP contribution in [0.4, 0.5) is 5.69 Å². The largest absolute Gasteiger partial charge is 0.465 e. The van der Waals surface area contributed by atoms with E-state index in [0.717, 1.165) is 23.2 Å². The number of aliphatic hydroxyl groups is 1. The molecule has 0 radical (unpaired) electrons. The Bertz CT molecular complexity index is 1210. The van der Waals surface area contributed by atoms with E-state index in [2.05, 4.69) is 0 Å². The van der Waals surface area contributed by atoms with E-state index in [1.54, 1.807) is 11.8 Å². The highest BCUT2D eigenvalue weighted by molar-refractivity contribution is 6.06. The molecule has 8 nitrogen and oxygen atoms in total. The summed E-state index contributed by atoms with van der Waals surface area (Å²) in [6, 6.07) is 4.28. The van der Waals surface area contributed by atoms with Gasteiger partial charge in [-0.05, 0) is 56.7 Å². The van der Waals surface area contributed by atoms with Gasteiger partial charge in [-0.2, -0.15) is 0 Å². The highest BCUT2D eigenvalue weighted by Crippen LogP contribution is 2.58. The van der Waals surface area contributed by atoms with E-state index in [1.165, 1.54) is 4.90 Å². The van der Waals surface area contributed by atoms with Crippen LogP contribution in [0.15, 0.2) is 42.5 Å². The highest BCUT2D eigenvalue weighted by atomic mass is 16.6. The second-order valence-corrected chi connectivity index (χ2v) is 11.6. The Morgan fingerprint density at radius 1 is 1.08 bits per heavy atom. The van der Waals surface area contributed by atoms with Crippen molar-refractivity contribution >= 4 is 23.5 Å². The topological polar surface area (TPSA) is 96.4 Å². The van der Waals surface area contributed by atoms with Crippen LogP contribution in [0.2, 0.25) is 0 Å². The maximum atomic E-state index is 14.6. The van der Waals surface area contributed by atoms with Crippen molar-refractivity contribution < 1.29 is 29.0 Å². The standard InChI is InChI=1S/C30H38N2O6/c1-18(2)22(17-33)32-25-27(35)31(21-16-19(3)10-11-20(21)4)14-9-13-30(25)23(26(32)34)24-28(36)37-15-8-6-7-12-29(24,5)38-30/h7,9-13,16,18,22-25,33H,6,8,14-15,17H2,1-5H3/b12-7-/t22-,23-,24-,25?,29+,30-/m0/s1. The number of carbonyl (C=O) groups is 3. The summed E-state index contributed by atoms with van der Waals surface area (Å²) in [6.45, 7) is 9.81. The third-order valence-electron chi connectivity index (χ3n) is 8.66. The molecule has 0 bridgehead atoms. The molecule has 0 aromatic heterocycles. The Morgan fingerprint density at radius 3 is 2.55 bits per heavy atom. The molecular weight excluding hydrogens is 484 g/mol. The Balaban J connectivity index is 1.71. The zero-order chi connectivity index (χ0) is 27.4. The molecule has 4 heterocycles. The lowest BCUT2D eigenvalue weighted by atomic mass is 9.74. The van der Waals surface area contributed by atoms with Gasteiger partial charge in [-0.3, -0.25) is 14.4 Å². The van der Waals surface area contributed by atoms with Gasteiger partial charge in [0.2, 0.25) is 5.91 Å². The first-order valence-corrected chi connectivity index (χ1v) is 13.6. The number of amides is 2. The number of nitrogens with zero attached hydrogens (tertiary/aromatic N) is 2. The van der Waals surface area contributed by atoms with Crippen molar-refractivity contribution in [3.05, 3.63) is 53.6 Å². The number of hydrogen-bond donors (Lipinski definition) is 1. The van der Waals surface area contributed by atoms with Gasteiger partial charge in [-0.1, -0.05) is 50.3 Å². The molecule has 1 aromatic rings. The molecule has 38 heavy (non-hydrogen) atoms. The number of ether oxygens (including phenoxy) is 2. The number of rotatable bonds is 4. The van der Waals surface area contributed by atoms with Crippen molar-refractivity contribution in [1.82, 2.24) is 4.90 Å². The van der Waals surface area contributed by atoms with Crippen LogP contribution in [0.1, 0.15) is 44.7 Å². The normalized spacial score (nSPS) is 34.6. The van der Waals surface area contributed by atoms with Gasteiger partial charge in [0.05, 0.1) is 30.8 Å². The Kier molecular flexibility index (Phi) is 6.76. The molecule has 1 spiro atoms. The van der Waals surface area contributed by atoms with Gasteiger partial charge < -0.3 is 24.4 Å². The summed E-state index contributed by atoms with van der Waals surface area (Å²) in [5.41, 5.74) is 0.208. The minimum absolute atomic E-state index is 0.132. The molecule has 0 aliphatic carbocycles. The van der Waals surface area contributed by atoms with Crippen molar-refractivity contribution in [3.63, 3.8) is 0 Å². The SMILES string of the molecule is Cc1ccc(C)c(N2CC=C[C@]34O[C@]5(C)/C=C\CCCOC(=O)[C@@H]5[C@H]3C(=O)N([C@@H](CO)C(C)C)C4C2=O)c1. The van der Waals surface area contributed by atoms with E-state index >= 15 is 0 Å². The number of aliphatic hydroxyl groups excluding tert-OH is 1. The van der Waals surface area contributed by atoms with E-state index in [1.807, 2.05) is 70.2 Å². The molecule has 4 aliphatic rings. The Hall–Kier alpha value is -2.97. The van der Waals surface area contributed by atoms with Crippen LogP contribution >= 0.6 is 0 Å². The smallest absolute Gasteiger partial charge is 0.313 e. The second-order valence-electron chi connectivity index (χ2n) is 11.6. The molecule has 0 saturated carbocycles. The van der Waals surface area contributed by atoms with Gasteiger partial charge in [-0.15, -0.1) is 0 Å². The number of likely N-dealkylation sites (tertiary alicyclic amines) is 1. The first-order valence-electron chi connectivity index (χ1n) is 13.6. The predicted octanol–water partition coefficient (Wildman–Crippen LogP) is 3.09. The molecule has 204 valence electrons. The number of fused-ring (bicyclic) bond motifs is 2. The number of carbonyl (C=O) groups excluding carboxylic acids is 3. The van der Waals surface area contributed by atoms with Crippen LogP contribution in [-0.4, -0.2) is 70.8 Å². The fourth-order valence-corrected chi connectivity index (χ4v) is 6.78. The first-order chi connectivity index (χ1) is 18.1. The molecule has 2 fully saturated rings. The number of hydrogen-bond acceptors (Lipinski definition) is 6. The number of esters is 1. The van der Waals surface area contributed by atoms with Crippen molar-refractivity contribution in [2.45, 2.75) is 70.7 Å². The third-order valence-corrected chi connectivity index (χ3v) is 8.66. The summed E-state index contributed by atoms with van der Waals surface area (Å²) in [5, 5.41) is 10.4. The van der Waals surface area contributed by atoms with Gasteiger partial charge in [0.1, 0.15) is 17.6 Å². The average Bonchev–Trinajstić information content (AvgIpc) is 3.21. The van der Waals surface area contributed by atoms with E-state index in [0.29, 0.717) is 13.0 Å².